The minimum atomic E-state index is -0.456. The molecule has 21 nitrogen and oxygen atoms in total. The molecule has 1 N–H and O–H groups in total. The number of amides is 3. The smallest absolute Gasteiger partial charge is 0.307 e. The molecule has 6 heterocycles. The first-order chi connectivity index (χ1) is 57.2. The highest BCUT2D eigenvalue weighted by atomic mass is 16.5. The number of hydrogen-bond donors (Lipinski definition) is 1. The van der Waals surface area contributed by atoms with E-state index in [2.05, 4.69) is 135 Å². The molecule has 6 aliphatic rings. The van der Waals surface area contributed by atoms with Gasteiger partial charge in [0.2, 0.25) is 5.91 Å². The summed E-state index contributed by atoms with van der Waals surface area (Å²) in [6, 6.07) is 58.6. The van der Waals surface area contributed by atoms with Crippen LogP contribution in [-0.2, 0) is 27.3 Å². The van der Waals surface area contributed by atoms with Crippen LogP contribution in [0.5, 0.6) is 46.0 Å². The average molecular weight is 1600 g/mol. The second-order valence-corrected chi connectivity index (χ2v) is 31.4. The van der Waals surface area contributed by atoms with Gasteiger partial charge < -0.3 is 67.5 Å². The number of carbonyl (C=O) groups is 4. The van der Waals surface area contributed by atoms with Crippen molar-refractivity contribution in [1.82, 2.24) is 24.6 Å². The van der Waals surface area contributed by atoms with Gasteiger partial charge >= 0.3 is 5.97 Å². The molecule has 2 saturated heterocycles. The van der Waals surface area contributed by atoms with Gasteiger partial charge in [-0.3, -0.25) is 34.1 Å². The number of carbonyl (C=O) groups excluding carboxylic acids is 4. The Bertz CT molecular complexity index is 4980. The molecule has 3 unspecified atom stereocenters. The van der Waals surface area contributed by atoms with E-state index < -0.39 is 6.04 Å². The lowest BCUT2D eigenvalue weighted by atomic mass is 9.79. The summed E-state index contributed by atoms with van der Waals surface area (Å²) in [6.07, 6.45) is 11.8. The van der Waals surface area contributed by atoms with Crippen molar-refractivity contribution in [3.05, 3.63) is 261 Å². The van der Waals surface area contributed by atoms with Crippen LogP contribution in [0, 0.1) is 0 Å². The Labute approximate surface area is 695 Å². The maximum Gasteiger partial charge on any atom is 0.307 e. The first kappa shape index (κ1) is 85.8. The molecular weight excluding hydrogens is 1490 g/mol. The van der Waals surface area contributed by atoms with Crippen molar-refractivity contribution in [1.29, 1.82) is 0 Å². The van der Waals surface area contributed by atoms with Gasteiger partial charge in [-0.1, -0.05) is 84.9 Å². The van der Waals surface area contributed by atoms with Crippen molar-refractivity contribution in [3.63, 3.8) is 0 Å². The number of piperidine rings is 2. The number of fused-ring (bicyclic) bond motifs is 7. The van der Waals surface area contributed by atoms with Gasteiger partial charge in [-0.15, -0.1) is 0 Å². The highest BCUT2D eigenvalue weighted by Crippen LogP contribution is 2.46. The predicted molar refractivity (Wildman–Crippen MR) is 463 cm³/mol. The van der Waals surface area contributed by atoms with E-state index >= 15 is 0 Å². The molecule has 3 fully saturated rings. The summed E-state index contributed by atoms with van der Waals surface area (Å²) in [5.74, 6) is 6.19. The second-order valence-electron chi connectivity index (χ2n) is 31.4. The molecule has 1 aromatic heterocycles. The van der Waals surface area contributed by atoms with Gasteiger partial charge in [0, 0.05) is 108 Å². The Kier molecular flexibility index (Phi) is 29.1. The number of nitrogens with one attached hydrogen (secondary N) is 1. The Morgan fingerprint density at radius 1 is 0.534 bits per heavy atom. The van der Waals surface area contributed by atoms with Gasteiger partial charge in [-0.25, -0.2) is 0 Å². The summed E-state index contributed by atoms with van der Waals surface area (Å²) in [5.41, 5.74) is 16.4. The number of nitrogens with zero attached hydrogens (tertiary/aromatic N) is 7. The third-order valence-electron chi connectivity index (χ3n) is 23.1. The van der Waals surface area contributed by atoms with Crippen molar-refractivity contribution in [2.24, 2.45) is 9.98 Å². The molecule has 15 rings (SSSR count). The van der Waals surface area contributed by atoms with Crippen LogP contribution in [0.15, 0.2) is 198 Å². The van der Waals surface area contributed by atoms with Crippen molar-refractivity contribution in [2.75, 3.05) is 102 Å². The maximum atomic E-state index is 13.2. The number of hydrogen-bond acceptors (Lipinski definition) is 18. The standard InChI is InChI=1S/C29H39N3O3.C25H27NO2.C23H27N3O3.C20H21NO5/c1-8-35-27-15-22-23(16-26(27)34-7)28(30-25-13-14-31(6)17-24(22)25)20-9-11-21(12-10-20)29(33)32(18(2)3)19(4)5;1-27-24-12-11-21(18-25(24)28-22-9-5-6-10-22)23(20-7-3-2-4-8-20)17-19-13-15-26-16-14-19;1-14(27)24-16-7-5-15(6-8-16)23-18-12-22(29-4)21(28-3)11-17(18)19-13-26(2)10-9-20(19)25-23;1-24-17-9-8-13(10-18(17)25-2)16(11-19(22)26-3)21-12-14-6-4-5-7-15(14)20(21)23/h9-12,15-16,18-19,24-25H,8,13-14,17H2,1-7H3;2-4,7-8,11-16,18,22-23H,5-6,9-10,17H2,1H3;5-8,11-12,19-20H,9-10,13H2,1-4H3,(H,24,27);4-10,16H,11-12H2,1-3H3/t24-,25-;23-;;/m10../s1. The molecule has 0 radical (unpaired) electrons. The number of esters is 1. The minimum absolute atomic E-state index is 0.0611. The number of ether oxygens (including phenoxy) is 9. The lowest BCUT2D eigenvalue weighted by Crippen LogP contribution is -2.42. The quantitative estimate of drug-likeness (QED) is 0.0557. The van der Waals surface area contributed by atoms with Crippen molar-refractivity contribution < 1.29 is 61.8 Å². The van der Waals surface area contributed by atoms with Crippen molar-refractivity contribution >= 4 is 40.8 Å². The van der Waals surface area contributed by atoms with Gasteiger partial charge in [-0.2, -0.15) is 0 Å². The largest absolute Gasteiger partial charge is 0.493 e. The summed E-state index contributed by atoms with van der Waals surface area (Å²) >= 11 is 0. The Morgan fingerprint density at radius 2 is 1.04 bits per heavy atom. The molecule has 21 heteroatoms. The number of methoxy groups -OCH3 is 7. The molecule has 9 aromatic rings. The average Bonchev–Trinajstić information content (AvgIpc) is 1.08. The number of aromatic nitrogens is 1. The van der Waals surface area contributed by atoms with Crippen LogP contribution in [0.25, 0.3) is 0 Å². The van der Waals surface area contributed by atoms with E-state index in [-0.39, 0.29) is 60.2 Å². The number of likely N-dealkylation sites (N-methyl/N-ethyl adjacent to an activating group) is 2. The SMILES string of the molecule is CCOc1cc2c(cc1OC)C(c1ccc(C(=O)N(C(C)C)C(C)C)cc1)=N[C@@H]1CCN(C)C[C@H]21.COC(=O)CC(c1ccc(OC)c(OC)c1)N1Cc2ccccc2C1=O.COc1cc2c(cc1OC)C1CN(C)CCC1N=C2c1ccc(NC(C)=O)cc1.COc1ccc([C@@H](Cc2ccncc2)c2ccccc2)cc1OC1CCCC1. The van der Waals surface area contributed by atoms with E-state index in [9.17, 15) is 19.2 Å². The first-order valence-electron chi connectivity index (χ1n) is 41.1. The third-order valence-corrected chi connectivity index (χ3v) is 23.1. The monoisotopic (exact) mass is 1600 g/mol. The van der Waals surface area contributed by atoms with E-state index in [1.54, 1.807) is 59.7 Å². The Hall–Kier alpha value is -11.6. The fraction of sp³-hybridized carbons (Fsp3) is 0.392. The van der Waals surface area contributed by atoms with Crippen molar-refractivity contribution in [2.45, 2.75) is 154 Å². The molecule has 118 heavy (non-hydrogen) atoms. The second kappa shape index (κ2) is 40.1. The van der Waals surface area contributed by atoms with Crippen LogP contribution in [-0.4, -0.2) is 187 Å². The third kappa shape index (κ3) is 20.2. The molecular formula is C97H114N8O13. The number of rotatable bonds is 24. The summed E-state index contributed by atoms with van der Waals surface area (Å²) in [5, 5.41) is 2.82. The number of likely N-dealkylation sites (tertiary alicyclic amines) is 2. The van der Waals surface area contributed by atoms with Crippen LogP contribution in [0.3, 0.4) is 0 Å². The van der Waals surface area contributed by atoms with Gasteiger partial charge in [0.1, 0.15) is 0 Å². The topological polar surface area (TPSA) is 214 Å². The maximum absolute atomic E-state index is 13.2. The summed E-state index contributed by atoms with van der Waals surface area (Å²) in [4.78, 5) is 72.3. The molecule has 620 valence electrons. The number of benzene rings is 8. The van der Waals surface area contributed by atoms with Gasteiger partial charge in [0.05, 0.1) is 98.4 Å². The molecule has 0 bridgehead atoms. The van der Waals surface area contributed by atoms with Crippen LogP contribution in [0.1, 0.15) is 192 Å². The lowest BCUT2D eigenvalue weighted by molar-refractivity contribution is -0.141. The van der Waals surface area contributed by atoms with E-state index in [0.29, 0.717) is 59.5 Å². The normalized spacial score (nSPS) is 17.7. The van der Waals surface area contributed by atoms with Crippen molar-refractivity contribution in [3.8, 4) is 46.0 Å². The molecule has 1 saturated carbocycles. The summed E-state index contributed by atoms with van der Waals surface area (Å²) in [7, 11) is 15.5. The van der Waals surface area contributed by atoms with Crippen LogP contribution >= 0.6 is 0 Å². The van der Waals surface area contributed by atoms with E-state index in [4.69, 9.17) is 52.6 Å². The molecule has 3 amide bonds. The number of anilines is 1. The molecule has 0 spiro atoms. The molecule has 6 atom stereocenters. The zero-order valence-corrected chi connectivity index (χ0v) is 70.9. The van der Waals surface area contributed by atoms with Crippen LogP contribution in [0.2, 0.25) is 0 Å². The Balaban J connectivity index is 0.000000145. The summed E-state index contributed by atoms with van der Waals surface area (Å²) < 4.78 is 50.2. The molecule has 1 aliphatic carbocycles. The fourth-order valence-electron chi connectivity index (χ4n) is 17.2. The van der Waals surface area contributed by atoms with E-state index in [1.165, 1.54) is 54.7 Å². The predicted octanol–water partition coefficient (Wildman–Crippen LogP) is 17.0. The van der Waals surface area contributed by atoms with Gasteiger partial charge in [-0.05, 0) is 237 Å². The van der Waals surface area contributed by atoms with E-state index in [1.807, 2.05) is 115 Å². The van der Waals surface area contributed by atoms with Crippen LogP contribution in [0.4, 0.5) is 5.69 Å². The van der Waals surface area contributed by atoms with Crippen LogP contribution < -0.4 is 43.2 Å². The van der Waals surface area contributed by atoms with E-state index in [0.717, 1.165) is 138 Å². The lowest BCUT2D eigenvalue weighted by Gasteiger charge is -2.39. The Morgan fingerprint density at radius 3 is 1.58 bits per heavy atom. The number of pyridine rings is 1. The van der Waals surface area contributed by atoms with Gasteiger partial charge in [0.25, 0.3) is 11.8 Å². The fourth-order valence-corrected chi connectivity index (χ4v) is 17.2. The van der Waals surface area contributed by atoms with Gasteiger partial charge in [0.15, 0.2) is 46.0 Å². The molecule has 8 aromatic carbocycles. The molecule has 5 aliphatic heterocycles. The number of aliphatic imine (C=N–C) groups is 2. The highest BCUT2D eigenvalue weighted by Gasteiger charge is 2.40. The zero-order valence-electron chi connectivity index (χ0n) is 70.9. The first-order valence-corrected chi connectivity index (χ1v) is 41.1. The summed E-state index contributed by atoms with van der Waals surface area (Å²) in [6.45, 7) is 16.8. The zero-order chi connectivity index (χ0) is 83.7. The highest BCUT2D eigenvalue weighted by molar-refractivity contribution is 6.16. The minimum Gasteiger partial charge on any atom is -0.493 e.